The number of carbonyl (C=O) groups excluding carboxylic acids is 1. The molecule has 1 aromatic carbocycles. The number of hydrogen-bond acceptors (Lipinski definition) is 5. The molecule has 1 atom stereocenters. The number of nitrogens with zero attached hydrogens (tertiary/aromatic N) is 3. The summed E-state index contributed by atoms with van der Waals surface area (Å²) in [6.07, 6.45) is 1.68. The summed E-state index contributed by atoms with van der Waals surface area (Å²) in [4.78, 5) is 14.6. The van der Waals surface area contributed by atoms with Crippen molar-refractivity contribution in [2.24, 2.45) is 5.92 Å². The lowest BCUT2D eigenvalue weighted by molar-refractivity contribution is -0.0613. The second-order valence-corrected chi connectivity index (χ2v) is 6.73. The van der Waals surface area contributed by atoms with Crippen molar-refractivity contribution in [2.45, 2.75) is 20.0 Å². The minimum atomic E-state index is -0.417. The van der Waals surface area contributed by atoms with Crippen molar-refractivity contribution in [3.63, 3.8) is 0 Å². The summed E-state index contributed by atoms with van der Waals surface area (Å²) in [7, 11) is 0. The number of morpholine rings is 1. The second-order valence-electron chi connectivity index (χ2n) is 6.73. The normalized spacial score (nSPS) is 18.4. The minimum absolute atomic E-state index is 0.0762. The average Bonchev–Trinajstić information content (AvgIpc) is 3.10. The molecule has 0 spiro atoms. The van der Waals surface area contributed by atoms with E-state index in [-0.39, 0.29) is 12.7 Å². The first-order valence-corrected chi connectivity index (χ1v) is 8.74. The molecular formula is C19H25N3O3. The Labute approximate surface area is 148 Å². The maximum absolute atomic E-state index is 12.2. The van der Waals surface area contributed by atoms with Gasteiger partial charge in [-0.2, -0.15) is 5.10 Å². The van der Waals surface area contributed by atoms with E-state index in [1.165, 1.54) is 0 Å². The van der Waals surface area contributed by atoms with Crippen LogP contribution < -0.4 is 0 Å². The van der Waals surface area contributed by atoms with E-state index in [9.17, 15) is 4.79 Å². The molecule has 0 saturated carbocycles. The standard InChI is InChI=1S/C19H25N3O3/c1-15(2)12-21-10-11-24-17(13-21)14-25-19(23)18-8-9-22(20-18)16-6-4-3-5-7-16/h3-9,15,17H,10-14H2,1-2H3. The molecule has 1 aliphatic rings. The maximum atomic E-state index is 12.2. The second kappa shape index (κ2) is 8.27. The Morgan fingerprint density at radius 2 is 2.12 bits per heavy atom. The molecule has 1 fully saturated rings. The molecule has 1 saturated heterocycles. The number of benzene rings is 1. The summed E-state index contributed by atoms with van der Waals surface area (Å²) < 4.78 is 12.8. The maximum Gasteiger partial charge on any atom is 0.358 e. The van der Waals surface area contributed by atoms with Crippen molar-refractivity contribution in [3.05, 3.63) is 48.3 Å². The minimum Gasteiger partial charge on any atom is -0.458 e. The van der Waals surface area contributed by atoms with Gasteiger partial charge in [0, 0.05) is 25.8 Å². The Bertz CT molecular complexity index is 684. The molecule has 2 heterocycles. The van der Waals surface area contributed by atoms with E-state index in [1.54, 1.807) is 16.9 Å². The molecule has 6 nitrogen and oxygen atoms in total. The Kier molecular flexibility index (Phi) is 5.83. The van der Waals surface area contributed by atoms with E-state index < -0.39 is 5.97 Å². The van der Waals surface area contributed by atoms with Crippen LogP contribution in [0.25, 0.3) is 5.69 Å². The third kappa shape index (κ3) is 4.90. The molecule has 134 valence electrons. The monoisotopic (exact) mass is 343 g/mol. The summed E-state index contributed by atoms with van der Waals surface area (Å²) in [5.41, 5.74) is 1.21. The van der Waals surface area contributed by atoms with Gasteiger partial charge in [0.15, 0.2) is 5.69 Å². The zero-order valence-corrected chi connectivity index (χ0v) is 14.8. The molecule has 25 heavy (non-hydrogen) atoms. The van der Waals surface area contributed by atoms with Gasteiger partial charge in [-0.15, -0.1) is 0 Å². The quantitative estimate of drug-likeness (QED) is 0.754. The van der Waals surface area contributed by atoms with Crippen LogP contribution in [0.3, 0.4) is 0 Å². The number of carbonyl (C=O) groups is 1. The fraction of sp³-hybridized carbons (Fsp3) is 0.474. The summed E-state index contributed by atoms with van der Waals surface area (Å²) in [5.74, 6) is 0.197. The van der Waals surface area contributed by atoms with Gasteiger partial charge in [-0.3, -0.25) is 4.90 Å². The number of aromatic nitrogens is 2. The molecule has 3 rings (SSSR count). The Morgan fingerprint density at radius 1 is 1.32 bits per heavy atom. The molecule has 6 heteroatoms. The Morgan fingerprint density at radius 3 is 2.88 bits per heavy atom. The summed E-state index contributed by atoms with van der Waals surface area (Å²) in [6, 6.07) is 11.3. The van der Waals surface area contributed by atoms with E-state index in [2.05, 4.69) is 23.8 Å². The van der Waals surface area contributed by atoms with Crippen LogP contribution in [0.4, 0.5) is 0 Å². The zero-order chi connectivity index (χ0) is 17.6. The van der Waals surface area contributed by atoms with Gasteiger partial charge in [-0.25, -0.2) is 9.48 Å². The lowest BCUT2D eigenvalue weighted by Crippen LogP contribution is -2.45. The van der Waals surface area contributed by atoms with Crippen LogP contribution in [0.5, 0.6) is 0 Å². The first-order valence-electron chi connectivity index (χ1n) is 8.74. The number of ether oxygens (including phenoxy) is 2. The molecule has 0 bridgehead atoms. The largest absolute Gasteiger partial charge is 0.458 e. The van der Waals surface area contributed by atoms with Crippen molar-refractivity contribution in [1.29, 1.82) is 0 Å². The molecule has 0 amide bonds. The summed E-state index contributed by atoms with van der Waals surface area (Å²) >= 11 is 0. The molecule has 0 radical (unpaired) electrons. The van der Waals surface area contributed by atoms with E-state index in [4.69, 9.17) is 9.47 Å². The zero-order valence-electron chi connectivity index (χ0n) is 14.8. The molecule has 0 N–H and O–H groups in total. The van der Waals surface area contributed by atoms with Crippen molar-refractivity contribution >= 4 is 5.97 Å². The number of esters is 1. The molecule has 1 aromatic heterocycles. The highest BCUT2D eigenvalue weighted by molar-refractivity contribution is 5.87. The van der Waals surface area contributed by atoms with Crippen LogP contribution >= 0.6 is 0 Å². The molecular weight excluding hydrogens is 318 g/mol. The fourth-order valence-corrected chi connectivity index (χ4v) is 2.96. The van der Waals surface area contributed by atoms with Gasteiger partial charge in [0.25, 0.3) is 0 Å². The van der Waals surface area contributed by atoms with Gasteiger partial charge in [-0.1, -0.05) is 32.0 Å². The Hall–Kier alpha value is -2.18. The highest BCUT2D eigenvalue weighted by atomic mass is 16.6. The van der Waals surface area contributed by atoms with Gasteiger partial charge in [-0.05, 0) is 24.1 Å². The summed E-state index contributed by atoms with van der Waals surface area (Å²) in [5, 5.41) is 4.29. The van der Waals surface area contributed by atoms with Gasteiger partial charge in [0.05, 0.1) is 12.3 Å². The number of para-hydroxylation sites is 1. The van der Waals surface area contributed by atoms with Crippen molar-refractivity contribution in [3.8, 4) is 5.69 Å². The van der Waals surface area contributed by atoms with Crippen molar-refractivity contribution in [2.75, 3.05) is 32.8 Å². The van der Waals surface area contributed by atoms with Crippen LogP contribution in [0.15, 0.2) is 42.6 Å². The van der Waals surface area contributed by atoms with E-state index in [0.29, 0.717) is 18.2 Å². The third-order valence-corrected chi connectivity index (χ3v) is 4.07. The number of rotatable bonds is 6. The molecule has 1 aliphatic heterocycles. The van der Waals surface area contributed by atoms with Gasteiger partial charge in [0.1, 0.15) is 12.7 Å². The lowest BCUT2D eigenvalue weighted by atomic mass is 10.2. The first kappa shape index (κ1) is 17.6. The Balaban J connectivity index is 1.52. The highest BCUT2D eigenvalue weighted by Gasteiger charge is 2.23. The van der Waals surface area contributed by atoms with Crippen LogP contribution in [0.2, 0.25) is 0 Å². The predicted octanol–water partition coefficient (Wildman–Crippen LogP) is 2.39. The van der Waals surface area contributed by atoms with Crippen LogP contribution in [-0.2, 0) is 9.47 Å². The third-order valence-electron chi connectivity index (χ3n) is 4.07. The smallest absolute Gasteiger partial charge is 0.358 e. The number of hydrogen-bond donors (Lipinski definition) is 0. The van der Waals surface area contributed by atoms with E-state index >= 15 is 0 Å². The van der Waals surface area contributed by atoms with E-state index in [0.717, 1.165) is 25.3 Å². The van der Waals surface area contributed by atoms with Gasteiger partial charge in [0.2, 0.25) is 0 Å². The first-order chi connectivity index (χ1) is 12.1. The SMILES string of the molecule is CC(C)CN1CCOC(COC(=O)c2ccn(-c3ccccc3)n2)C1. The lowest BCUT2D eigenvalue weighted by Gasteiger charge is -2.33. The molecule has 0 aliphatic carbocycles. The van der Waals surface area contributed by atoms with Crippen LogP contribution in [0, 0.1) is 5.92 Å². The summed E-state index contributed by atoms with van der Waals surface area (Å²) in [6.45, 7) is 8.10. The molecule has 1 unspecified atom stereocenters. The van der Waals surface area contributed by atoms with Crippen molar-refractivity contribution < 1.29 is 14.3 Å². The van der Waals surface area contributed by atoms with E-state index in [1.807, 2.05) is 30.3 Å². The average molecular weight is 343 g/mol. The van der Waals surface area contributed by atoms with Crippen LogP contribution in [-0.4, -0.2) is 59.6 Å². The van der Waals surface area contributed by atoms with Gasteiger partial charge < -0.3 is 9.47 Å². The van der Waals surface area contributed by atoms with Gasteiger partial charge >= 0.3 is 5.97 Å². The fourth-order valence-electron chi connectivity index (χ4n) is 2.96. The predicted molar refractivity (Wildman–Crippen MR) is 94.9 cm³/mol. The molecule has 2 aromatic rings. The topological polar surface area (TPSA) is 56.6 Å². The van der Waals surface area contributed by atoms with Crippen molar-refractivity contribution in [1.82, 2.24) is 14.7 Å². The van der Waals surface area contributed by atoms with Crippen LogP contribution in [0.1, 0.15) is 24.3 Å². The highest BCUT2D eigenvalue weighted by Crippen LogP contribution is 2.11.